The molecule has 0 aliphatic heterocycles. The number of aliphatic hydroxyl groups is 1. The summed E-state index contributed by atoms with van der Waals surface area (Å²) in [5.41, 5.74) is -1.32. The number of aliphatic hydroxyl groups excluding tert-OH is 1. The van der Waals surface area contributed by atoms with Crippen molar-refractivity contribution in [2.24, 2.45) is 0 Å². The van der Waals surface area contributed by atoms with E-state index in [1.54, 1.807) is 0 Å². The van der Waals surface area contributed by atoms with E-state index in [4.69, 9.17) is 5.11 Å². The largest absolute Gasteiger partial charge is 0.573 e. The van der Waals surface area contributed by atoms with Gasteiger partial charge in [-0.15, -0.1) is 13.2 Å². The number of alkyl halides is 5. The minimum atomic E-state index is -5.09. The minimum Gasteiger partial charge on any atom is -0.403 e. The molecule has 0 spiro atoms. The fourth-order valence-corrected chi connectivity index (χ4v) is 1.20. The van der Waals surface area contributed by atoms with Crippen LogP contribution in [0.2, 0.25) is 0 Å². The Bertz CT molecular complexity index is 405. The number of aromatic nitrogens is 1. The molecule has 0 radical (unpaired) electrons. The fourth-order valence-electron chi connectivity index (χ4n) is 1.20. The van der Waals surface area contributed by atoms with E-state index in [1.165, 1.54) is 0 Å². The van der Waals surface area contributed by atoms with Crippen LogP contribution in [0.3, 0.4) is 0 Å². The van der Waals surface area contributed by atoms with Crippen LogP contribution in [-0.4, -0.2) is 16.5 Å². The van der Waals surface area contributed by atoms with Crippen molar-refractivity contribution in [2.45, 2.75) is 26.3 Å². The van der Waals surface area contributed by atoms with Gasteiger partial charge in [-0.1, -0.05) is 0 Å². The highest BCUT2D eigenvalue weighted by atomic mass is 19.4. The molecule has 0 aliphatic carbocycles. The summed E-state index contributed by atoms with van der Waals surface area (Å²) in [4.78, 5) is 3.16. The number of ether oxygens (including phenoxy) is 1. The lowest BCUT2D eigenvalue weighted by Gasteiger charge is -2.16. The third kappa shape index (κ3) is 3.26. The SMILES string of the molecule is Cc1c(CO)cnc(C(F)F)c1OC(F)(F)F. The van der Waals surface area contributed by atoms with Gasteiger partial charge in [0.15, 0.2) is 5.75 Å². The van der Waals surface area contributed by atoms with Crippen molar-refractivity contribution < 1.29 is 31.8 Å². The number of nitrogens with zero attached hydrogens (tertiary/aromatic N) is 1. The molecule has 1 N–H and O–H groups in total. The molecular weight excluding hydrogens is 249 g/mol. The van der Waals surface area contributed by atoms with E-state index >= 15 is 0 Å². The number of hydrogen-bond acceptors (Lipinski definition) is 3. The average Bonchev–Trinajstić information content (AvgIpc) is 2.18. The third-order valence-electron chi connectivity index (χ3n) is 2.01. The van der Waals surface area contributed by atoms with Gasteiger partial charge in [0.1, 0.15) is 5.69 Å². The maximum absolute atomic E-state index is 12.4. The average molecular weight is 257 g/mol. The number of halogens is 5. The monoisotopic (exact) mass is 257 g/mol. The summed E-state index contributed by atoms with van der Waals surface area (Å²) in [6.07, 6.45) is -7.40. The Hall–Kier alpha value is -1.44. The molecule has 0 fully saturated rings. The smallest absolute Gasteiger partial charge is 0.403 e. The third-order valence-corrected chi connectivity index (χ3v) is 2.01. The summed E-state index contributed by atoms with van der Waals surface area (Å²) < 4.78 is 64.5. The second-order valence-electron chi connectivity index (χ2n) is 3.13. The molecular formula is C9H8F5NO2. The summed E-state index contributed by atoms with van der Waals surface area (Å²) in [6.45, 7) is 0.525. The summed E-state index contributed by atoms with van der Waals surface area (Å²) >= 11 is 0. The van der Waals surface area contributed by atoms with Crippen molar-refractivity contribution >= 4 is 0 Å². The standard InChI is InChI=1S/C9H8F5NO2/c1-4-5(3-16)2-15-6(8(10)11)7(4)17-9(12,13)14/h2,8,16H,3H2,1H3. The Kier molecular flexibility index (Phi) is 3.87. The van der Waals surface area contributed by atoms with Crippen LogP contribution < -0.4 is 4.74 Å². The zero-order valence-electron chi connectivity index (χ0n) is 8.55. The summed E-state index contributed by atoms with van der Waals surface area (Å²) in [5, 5.41) is 8.81. The highest BCUT2D eigenvalue weighted by Gasteiger charge is 2.35. The van der Waals surface area contributed by atoms with Crippen molar-refractivity contribution in [1.29, 1.82) is 0 Å². The van der Waals surface area contributed by atoms with Crippen molar-refractivity contribution in [3.63, 3.8) is 0 Å². The highest BCUT2D eigenvalue weighted by Crippen LogP contribution is 2.35. The predicted molar refractivity (Wildman–Crippen MR) is 46.5 cm³/mol. The first-order valence-corrected chi connectivity index (χ1v) is 4.39. The van der Waals surface area contributed by atoms with Crippen LogP contribution in [-0.2, 0) is 6.61 Å². The molecule has 0 amide bonds. The molecule has 0 unspecified atom stereocenters. The topological polar surface area (TPSA) is 42.4 Å². The zero-order chi connectivity index (χ0) is 13.2. The van der Waals surface area contributed by atoms with Gasteiger partial charge in [0, 0.05) is 17.3 Å². The van der Waals surface area contributed by atoms with E-state index < -0.39 is 30.8 Å². The molecule has 0 saturated heterocycles. The van der Waals surface area contributed by atoms with Crippen LogP contribution in [0.5, 0.6) is 5.75 Å². The first kappa shape index (κ1) is 13.6. The van der Waals surface area contributed by atoms with E-state index in [2.05, 4.69) is 9.72 Å². The Morgan fingerprint density at radius 3 is 2.41 bits per heavy atom. The van der Waals surface area contributed by atoms with Crippen LogP contribution >= 0.6 is 0 Å². The van der Waals surface area contributed by atoms with E-state index in [0.717, 1.165) is 13.1 Å². The quantitative estimate of drug-likeness (QED) is 0.846. The van der Waals surface area contributed by atoms with Crippen molar-refractivity contribution in [3.8, 4) is 5.75 Å². The Morgan fingerprint density at radius 2 is 2.00 bits per heavy atom. The summed E-state index contributed by atoms with van der Waals surface area (Å²) in [5.74, 6) is -1.06. The highest BCUT2D eigenvalue weighted by molar-refractivity contribution is 5.41. The van der Waals surface area contributed by atoms with E-state index in [0.29, 0.717) is 0 Å². The van der Waals surface area contributed by atoms with Crippen LogP contribution in [0.15, 0.2) is 6.20 Å². The van der Waals surface area contributed by atoms with Crippen molar-refractivity contribution in [2.75, 3.05) is 0 Å². The molecule has 8 heteroatoms. The maximum Gasteiger partial charge on any atom is 0.573 e. The lowest BCUT2D eigenvalue weighted by atomic mass is 10.1. The second-order valence-corrected chi connectivity index (χ2v) is 3.13. The Balaban J connectivity index is 3.30. The summed E-state index contributed by atoms with van der Waals surface area (Å²) in [7, 11) is 0. The molecule has 0 bridgehead atoms. The predicted octanol–water partition coefficient (Wildman–Crippen LogP) is 2.72. The molecule has 0 aliphatic rings. The fraction of sp³-hybridized carbons (Fsp3) is 0.444. The van der Waals surface area contributed by atoms with Gasteiger partial charge < -0.3 is 9.84 Å². The van der Waals surface area contributed by atoms with Gasteiger partial charge in [-0.25, -0.2) is 8.78 Å². The second kappa shape index (κ2) is 4.82. The van der Waals surface area contributed by atoms with Crippen LogP contribution in [0.1, 0.15) is 23.2 Å². The Labute approximate surface area is 92.8 Å². The van der Waals surface area contributed by atoms with Crippen LogP contribution in [0.25, 0.3) is 0 Å². The molecule has 3 nitrogen and oxygen atoms in total. The first-order chi connectivity index (χ1) is 7.76. The van der Waals surface area contributed by atoms with Gasteiger partial charge in [-0.2, -0.15) is 0 Å². The number of pyridine rings is 1. The minimum absolute atomic E-state index is 0.00588. The van der Waals surface area contributed by atoms with Crippen molar-refractivity contribution in [3.05, 3.63) is 23.0 Å². The first-order valence-electron chi connectivity index (χ1n) is 4.39. The number of rotatable bonds is 3. The molecule has 1 heterocycles. The van der Waals surface area contributed by atoms with Gasteiger partial charge in [-0.3, -0.25) is 4.98 Å². The van der Waals surface area contributed by atoms with Crippen molar-refractivity contribution in [1.82, 2.24) is 4.98 Å². The van der Waals surface area contributed by atoms with Gasteiger partial charge in [0.05, 0.1) is 6.61 Å². The van der Waals surface area contributed by atoms with E-state index in [1.807, 2.05) is 0 Å². The van der Waals surface area contributed by atoms with Gasteiger partial charge in [-0.05, 0) is 6.92 Å². The molecule has 1 rings (SSSR count). The van der Waals surface area contributed by atoms with Crippen LogP contribution in [0, 0.1) is 6.92 Å². The van der Waals surface area contributed by atoms with Crippen LogP contribution in [0.4, 0.5) is 22.0 Å². The Morgan fingerprint density at radius 1 is 1.41 bits per heavy atom. The van der Waals surface area contributed by atoms with Gasteiger partial charge in [0.2, 0.25) is 0 Å². The zero-order valence-corrected chi connectivity index (χ0v) is 8.55. The molecule has 0 saturated carbocycles. The number of hydrogen-bond donors (Lipinski definition) is 1. The lowest BCUT2D eigenvalue weighted by molar-refractivity contribution is -0.275. The molecule has 0 aromatic carbocycles. The molecule has 0 atom stereocenters. The van der Waals surface area contributed by atoms with E-state index in [9.17, 15) is 22.0 Å². The normalized spacial score (nSPS) is 12.0. The molecule has 17 heavy (non-hydrogen) atoms. The lowest BCUT2D eigenvalue weighted by Crippen LogP contribution is -2.20. The van der Waals surface area contributed by atoms with Gasteiger partial charge in [0.25, 0.3) is 6.43 Å². The summed E-state index contributed by atoms with van der Waals surface area (Å²) in [6, 6.07) is 0. The molecule has 1 aromatic rings. The molecule has 1 aromatic heterocycles. The molecule has 96 valence electrons. The maximum atomic E-state index is 12.4. The van der Waals surface area contributed by atoms with E-state index in [-0.39, 0.29) is 11.1 Å². The van der Waals surface area contributed by atoms with Gasteiger partial charge >= 0.3 is 6.36 Å².